The van der Waals surface area contributed by atoms with Gasteiger partial charge in [0.1, 0.15) is 24.7 Å². The molecule has 5 rings (SSSR count). The van der Waals surface area contributed by atoms with Crippen LogP contribution in [0.4, 0.5) is 5.69 Å². The van der Waals surface area contributed by atoms with E-state index in [1.165, 1.54) is 11.1 Å². The zero-order chi connectivity index (χ0) is 19.5. The van der Waals surface area contributed by atoms with Crippen LogP contribution in [0.15, 0.2) is 85.2 Å². The standard InChI is InChI=1S/C25H24N2O2/c1-2-8-19(9-3-1)28-15-16-29-23-13-5-12-22-20-10-4-11-21(20)24(27-25(22)23)18-7-6-14-26-17-18/h1-10,12-14,17,20-21,24,27H,11,15-16H2. The van der Waals surface area contributed by atoms with Crippen molar-refractivity contribution < 1.29 is 9.47 Å². The second kappa shape index (κ2) is 8.00. The molecule has 0 fully saturated rings. The number of nitrogens with zero attached hydrogens (tertiary/aromatic N) is 1. The lowest BCUT2D eigenvalue weighted by atomic mass is 9.77. The lowest BCUT2D eigenvalue weighted by Gasteiger charge is -2.38. The molecule has 1 N–H and O–H groups in total. The van der Waals surface area contributed by atoms with Gasteiger partial charge in [-0.2, -0.15) is 0 Å². The Morgan fingerprint density at radius 1 is 0.931 bits per heavy atom. The summed E-state index contributed by atoms with van der Waals surface area (Å²) in [6, 6.07) is 20.5. The average Bonchev–Trinajstić information content (AvgIpc) is 3.28. The number of benzene rings is 2. The first-order valence-corrected chi connectivity index (χ1v) is 10.2. The van der Waals surface area contributed by atoms with E-state index < -0.39 is 0 Å². The fraction of sp³-hybridized carbons (Fsp3) is 0.240. The summed E-state index contributed by atoms with van der Waals surface area (Å²) in [4.78, 5) is 4.33. The first-order chi connectivity index (χ1) is 14.4. The maximum atomic E-state index is 6.13. The molecule has 0 radical (unpaired) electrons. The minimum atomic E-state index is 0.224. The highest BCUT2D eigenvalue weighted by molar-refractivity contribution is 5.67. The molecule has 0 saturated carbocycles. The Balaban J connectivity index is 1.35. The van der Waals surface area contributed by atoms with Crippen LogP contribution in [-0.4, -0.2) is 18.2 Å². The van der Waals surface area contributed by atoms with E-state index in [0.717, 1.165) is 23.6 Å². The highest BCUT2D eigenvalue weighted by atomic mass is 16.5. The fourth-order valence-electron chi connectivity index (χ4n) is 4.43. The van der Waals surface area contributed by atoms with Crippen LogP contribution >= 0.6 is 0 Å². The first kappa shape index (κ1) is 17.8. The largest absolute Gasteiger partial charge is 0.490 e. The normalized spacial score (nSPS) is 21.7. The quantitative estimate of drug-likeness (QED) is 0.459. The molecule has 3 atom stereocenters. The summed E-state index contributed by atoms with van der Waals surface area (Å²) in [5.74, 6) is 2.65. The molecule has 3 aromatic rings. The van der Waals surface area contributed by atoms with Crippen molar-refractivity contribution in [2.45, 2.75) is 18.4 Å². The van der Waals surface area contributed by atoms with E-state index >= 15 is 0 Å². The Hall–Kier alpha value is -3.27. The van der Waals surface area contributed by atoms with Gasteiger partial charge in [0.2, 0.25) is 0 Å². The number of rotatable bonds is 6. The smallest absolute Gasteiger partial charge is 0.142 e. The molecule has 0 amide bonds. The van der Waals surface area contributed by atoms with Gasteiger partial charge in [-0.25, -0.2) is 0 Å². The average molecular weight is 384 g/mol. The molecule has 1 aliphatic carbocycles. The lowest BCUT2D eigenvalue weighted by molar-refractivity contribution is 0.217. The van der Waals surface area contributed by atoms with Crippen molar-refractivity contribution in [2.75, 3.05) is 18.5 Å². The van der Waals surface area contributed by atoms with Gasteiger partial charge in [0.05, 0.1) is 11.7 Å². The van der Waals surface area contributed by atoms with Crippen molar-refractivity contribution in [3.8, 4) is 11.5 Å². The zero-order valence-electron chi connectivity index (χ0n) is 16.2. The molecule has 146 valence electrons. The molecule has 1 aliphatic heterocycles. The topological polar surface area (TPSA) is 43.4 Å². The van der Waals surface area contributed by atoms with Crippen LogP contribution in [-0.2, 0) is 0 Å². The van der Waals surface area contributed by atoms with E-state index in [1.54, 1.807) is 0 Å². The number of para-hydroxylation sites is 2. The summed E-state index contributed by atoms with van der Waals surface area (Å²) in [6.07, 6.45) is 9.51. The molecule has 29 heavy (non-hydrogen) atoms. The van der Waals surface area contributed by atoms with Crippen LogP contribution in [0.3, 0.4) is 0 Å². The Bertz CT molecular complexity index is 988. The summed E-state index contributed by atoms with van der Waals surface area (Å²) in [7, 11) is 0. The van der Waals surface area contributed by atoms with Crippen molar-refractivity contribution in [1.82, 2.24) is 4.98 Å². The monoisotopic (exact) mass is 384 g/mol. The van der Waals surface area contributed by atoms with E-state index in [9.17, 15) is 0 Å². The zero-order valence-corrected chi connectivity index (χ0v) is 16.2. The maximum Gasteiger partial charge on any atom is 0.142 e. The van der Waals surface area contributed by atoms with Crippen molar-refractivity contribution in [2.24, 2.45) is 5.92 Å². The molecule has 4 nitrogen and oxygen atoms in total. The second-order valence-corrected chi connectivity index (χ2v) is 7.49. The Kier molecular flexibility index (Phi) is 4.91. The number of allylic oxidation sites excluding steroid dienone is 2. The maximum absolute atomic E-state index is 6.13. The summed E-state index contributed by atoms with van der Waals surface area (Å²) < 4.78 is 11.9. The van der Waals surface area contributed by atoms with Gasteiger partial charge < -0.3 is 14.8 Å². The highest BCUT2D eigenvalue weighted by Crippen LogP contribution is 2.52. The number of fused-ring (bicyclic) bond motifs is 3. The molecule has 0 spiro atoms. The van der Waals surface area contributed by atoms with Gasteiger partial charge in [-0.05, 0) is 47.7 Å². The number of hydrogen-bond donors (Lipinski definition) is 1. The van der Waals surface area contributed by atoms with Crippen molar-refractivity contribution in [3.05, 3.63) is 96.3 Å². The van der Waals surface area contributed by atoms with Crippen LogP contribution in [0.5, 0.6) is 11.5 Å². The Labute approximate surface area is 171 Å². The third-order valence-corrected chi connectivity index (χ3v) is 5.75. The predicted molar refractivity (Wildman–Crippen MR) is 114 cm³/mol. The number of pyridine rings is 1. The van der Waals surface area contributed by atoms with Gasteiger partial charge in [0.25, 0.3) is 0 Å². The van der Waals surface area contributed by atoms with Crippen LogP contribution in [0.1, 0.15) is 29.5 Å². The van der Waals surface area contributed by atoms with Crippen LogP contribution in [0, 0.1) is 5.92 Å². The highest BCUT2D eigenvalue weighted by Gasteiger charge is 2.39. The summed E-state index contributed by atoms with van der Waals surface area (Å²) in [5.41, 5.74) is 3.62. The van der Waals surface area contributed by atoms with E-state index in [1.807, 2.05) is 54.9 Å². The van der Waals surface area contributed by atoms with E-state index in [-0.39, 0.29) is 6.04 Å². The lowest BCUT2D eigenvalue weighted by Crippen LogP contribution is -2.29. The van der Waals surface area contributed by atoms with Crippen molar-refractivity contribution >= 4 is 5.69 Å². The molecule has 0 bridgehead atoms. The van der Waals surface area contributed by atoms with E-state index in [2.05, 4.69) is 40.7 Å². The van der Waals surface area contributed by atoms with E-state index in [4.69, 9.17) is 9.47 Å². The molecule has 2 aromatic carbocycles. The number of nitrogens with one attached hydrogen (secondary N) is 1. The number of ether oxygens (including phenoxy) is 2. The third-order valence-electron chi connectivity index (χ3n) is 5.75. The van der Waals surface area contributed by atoms with Crippen molar-refractivity contribution in [3.63, 3.8) is 0 Å². The predicted octanol–water partition coefficient (Wildman–Crippen LogP) is 5.37. The molecule has 2 aliphatic rings. The molecule has 2 heterocycles. The van der Waals surface area contributed by atoms with Crippen LogP contribution < -0.4 is 14.8 Å². The van der Waals surface area contributed by atoms with Crippen LogP contribution in [0.2, 0.25) is 0 Å². The van der Waals surface area contributed by atoms with Gasteiger partial charge in [-0.15, -0.1) is 0 Å². The van der Waals surface area contributed by atoms with E-state index in [0.29, 0.717) is 25.0 Å². The fourth-order valence-corrected chi connectivity index (χ4v) is 4.43. The number of anilines is 1. The van der Waals surface area contributed by atoms with Gasteiger partial charge >= 0.3 is 0 Å². The third kappa shape index (κ3) is 3.58. The molecular weight excluding hydrogens is 360 g/mol. The van der Waals surface area contributed by atoms with Gasteiger partial charge in [-0.3, -0.25) is 4.98 Å². The minimum Gasteiger partial charge on any atom is -0.490 e. The molecule has 1 aromatic heterocycles. The molecule has 4 heteroatoms. The SMILES string of the molecule is C1=CC2c3cccc(OCCOc4ccccc4)c3NC(c3cccnc3)C2C1. The number of aromatic nitrogens is 1. The summed E-state index contributed by atoms with van der Waals surface area (Å²) in [6.45, 7) is 1.00. The second-order valence-electron chi connectivity index (χ2n) is 7.49. The minimum absolute atomic E-state index is 0.224. The number of hydrogen-bond acceptors (Lipinski definition) is 4. The van der Waals surface area contributed by atoms with Crippen molar-refractivity contribution in [1.29, 1.82) is 0 Å². The van der Waals surface area contributed by atoms with Crippen LogP contribution in [0.25, 0.3) is 0 Å². The molecule has 3 unspecified atom stereocenters. The first-order valence-electron chi connectivity index (χ1n) is 10.2. The molecular formula is C25H24N2O2. The van der Waals surface area contributed by atoms with Gasteiger partial charge in [0, 0.05) is 18.3 Å². The van der Waals surface area contributed by atoms with Gasteiger partial charge in [0.15, 0.2) is 0 Å². The Morgan fingerprint density at radius 2 is 1.83 bits per heavy atom. The Morgan fingerprint density at radius 3 is 2.69 bits per heavy atom. The summed E-state index contributed by atoms with van der Waals surface area (Å²) >= 11 is 0. The molecule has 0 saturated heterocycles. The summed E-state index contributed by atoms with van der Waals surface area (Å²) in [5, 5.41) is 3.77. The van der Waals surface area contributed by atoms with Gasteiger partial charge in [-0.1, -0.05) is 48.6 Å².